The van der Waals surface area contributed by atoms with Gasteiger partial charge in [0.1, 0.15) is 0 Å². The van der Waals surface area contributed by atoms with Crippen LogP contribution in [0.25, 0.3) is 5.70 Å². The molecular weight excluding hydrogens is 332 g/mol. The molecule has 1 heterocycles. The molecule has 0 spiro atoms. The standard InChI is InChI=1S/C21H25ClN2O/c1-25-23-21(18-9-11-20(22)12-10-18)13-15-24-14-5-8-19(16-24)17-6-3-2-4-7-17/h2-4,6-7,9-13,19,23H,5,8,14-16H2,1H3. The van der Waals surface area contributed by atoms with Gasteiger partial charge in [-0.05, 0) is 54.6 Å². The highest BCUT2D eigenvalue weighted by Gasteiger charge is 2.20. The van der Waals surface area contributed by atoms with Crippen molar-refractivity contribution < 1.29 is 4.84 Å². The number of likely N-dealkylation sites (tertiary alicyclic amines) is 1. The van der Waals surface area contributed by atoms with Gasteiger partial charge < -0.3 is 0 Å². The first-order valence-electron chi connectivity index (χ1n) is 8.78. The molecule has 1 saturated heterocycles. The smallest absolute Gasteiger partial charge is 0.0649 e. The van der Waals surface area contributed by atoms with Crippen LogP contribution in [0.3, 0.4) is 0 Å². The lowest BCUT2D eigenvalue weighted by atomic mass is 9.91. The number of hydrogen-bond acceptors (Lipinski definition) is 3. The highest BCUT2D eigenvalue weighted by Crippen LogP contribution is 2.26. The quantitative estimate of drug-likeness (QED) is 0.758. The summed E-state index contributed by atoms with van der Waals surface area (Å²) in [6.07, 6.45) is 4.70. The topological polar surface area (TPSA) is 24.5 Å². The molecule has 0 radical (unpaired) electrons. The van der Waals surface area contributed by atoms with Gasteiger partial charge in [-0.3, -0.25) is 15.2 Å². The second kappa shape index (κ2) is 9.04. The van der Waals surface area contributed by atoms with Gasteiger partial charge in [0.05, 0.1) is 12.8 Å². The average molecular weight is 357 g/mol. The van der Waals surface area contributed by atoms with Crippen LogP contribution in [0.15, 0.2) is 60.7 Å². The van der Waals surface area contributed by atoms with E-state index in [9.17, 15) is 0 Å². The molecule has 0 saturated carbocycles. The lowest BCUT2D eigenvalue weighted by Gasteiger charge is -2.32. The maximum atomic E-state index is 5.99. The third kappa shape index (κ3) is 5.08. The van der Waals surface area contributed by atoms with Crippen LogP contribution in [0.4, 0.5) is 0 Å². The van der Waals surface area contributed by atoms with Crippen LogP contribution in [0.1, 0.15) is 29.9 Å². The first kappa shape index (κ1) is 18.0. The second-order valence-corrected chi connectivity index (χ2v) is 6.88. The van der Waals surface area contributed by atoms with Crippen LogP contribution in [0, 0.1) is 0 Å². The van der Waals surface area contributed by atoms with E-state index in [1.54, 1.807) is 7.11 Å². The van der Waals surface area contributed by atoms with Gasteiger partial charge in [-0.15, -0.1) is 0 Å². The minimum absolute atomic E-state index is 0.623. The summed E-state index contributed by atoms with van der Waals surface area (Å²) in [5.74, 6) is 0.623. The van der Waals surface area contributed by atoms with Crippen molar-refractivity contribution in [2.45, 2.75) is 18.8 Å². The predicted molar refractivity (Wildman–Crippen MR) is 104 cm³/mol. The van der Waals surface area contributed by atoms with Gasteiger partial charge in [-0.25, -0.2) is 0 Å². The van der Waals surface area contributed by atoms with Gasteiger partial charge in [-0.1, -0.05) is 54.1 Å². The molecule has 132 valence electrons. The van der Waals surface area contributed by atoms with Gasteiger partial charge >= 0.3 is 0 Å². The van der Waals surface area contributed by atoms with E-state index < -0.39 is 0 Å². The Balaban J connectivity index is 1.66. The molecule has 0 bridgehead atoms. The Bertz CT molecular complexity index is 685. The Hall–Kier alpha value is -1.81. The van der Waals surface area contributed by atoms with E-state index in [1.165, 1.54) is 18.4 Å². The predicted octanol–water partition coefficient (Wildman–Crippen LogP) is 4.71. The van der Waals surface area contributed by atoms with Gasteiger partial charge in [0, 0.05) is 18.1 Å². The van der Waals surface area contributed by atoms with Crippen molar-refractivity contribution in [3.63, 3.8) is 0 Å². The van der Waals surface area contributed by atoms with Crippen LogP contribution in [0.5, 0.6) is 0 Å². The van der Waals surface area contributed by atoms with E-state index in [-0.39, 0.29) is 0 Å². The Morgan fingerprint density at radius 3 is 2.68 bits per heavy atom. The van der Waals surface area contributed by atoms with Crippen molar-refractivity contribution >= 4 is 17.3 Å². The molecule has 1 aliphatic rings. The summed E-state index contributed by atoms with van der Waals surface area (Å²) < 4.78 is 0. The Kier molecular flexibility index (Phi) is 6.51. The van der Waals surface area contributed by atoms with Crippen LogP contribution in [-0.4, -0.2) is 31.6 Å². The van der Waals surface area contributed by atoms with Crippen molar-refractivity contribution in [1.29, 1.82) is 0 Å². The second-order valence-electron chi connectivity index (χ2n) is 6.44. The van der Waals surface area contributed by atoms with Crippen LogP contribution in [0.2, 0.25) is 5.02 Å². The van der Waals surface area contributed by atoms with Gasteiger partial charge in [0.25, 0.3) is 0 Å². The SMILES string of the molecule is CONC(=CCN1CCCC(c2ccccc2)C1)c1ccc(Cl)cc1. The van der Waals surface area contributed by atoms with E-state index in [4.69, 9.17) is 16.4 Å². The van der Waals surface area contributed by atoms with Gasteiger partial charge in [0.2, 0.25) is 0 Å². The Labute approximate surface area is 155 Å². The summed E-state index contributed by atoms with van der Waals surface area (Å²) in [4.78, 5) is 7.66. The number of hydroxylamine groups is 1. The molecule has 1 aliphatic heterocycles. The summed E-state index contributed by atoms with van der Waals surface area (Å²) >= 11 is 5.99. The minimum Gasteiger partial charge on any atom is -0.299 e. The Morgan fingerprint density at radius 2 is 1.96 bits per heavy atom. The number of nitrogens with zero attached hydrogens (tertiary/aromatic N) is 1. The normalized spacial score (nSPS) is 19.0. The number of hydrogen-bond donors (Lipinski definition) is 1. The van der Waals surface area contributed by atoms with E-state index in [2.05, 4.69) is 46.8 Å². The summed E-state index contributed by atoms with van der Waals surface area (Å²) in [5.41, 5.74) is 6.49. The van der Waals surface area contributed by atoms with Gasteiger partial charge in [0.15, 0.2) is 0 Å². The molecule has 0 amide bonds. The Morgan fingerprint density at radius 1 is 1.20 bits per heavy atom. The zero-order chi connectivity index (χ0) is 17.5. The molecule has 2 aromatic rings. The molecule has 1 unspecified atom stereocenters. The third-order valence-corrected chi connectivity index (χ3v) is 4.95. The number of piperidine rings is 1. The zero-order valence-electron chi connectivity index (χ0n) is 14.6. The molecule has 3 rings (SSSR count). The minimum atomic E-state index is 0.623. The molecule has 0 aromatic heterocycles. The van der Waals surface area contributed by atoms with Gasteiger partial charge in [-0.2, -0.15) is 0 Å². The lowest BCUT2D eigenvalue weighted by molar-refractivity contribution is 0.136. The van der Waals surface area contributed by atoms with Crippen molar-refractivity contribution in [1.82, 2.24) is 10.4 Å². The van der Waals surface area contributed by atoms with Crippen molar-refractivity contribution in [3.05, 3.63) is 76.8 Å². The van der Waals surface area contributed by atoms with Crippen molar-refractivity contribution in [2.24, 2.45) is 0 Å². The highest BCUT2D eigenvalue weighted by atomic mass is 35.5. The first-order chi connectivity index (χ1) is 12.3. The molecule has 0 aliphatic carbocycles. The fourth-order valence-corrected chi connectivity index (χ4v) is 3.52. The number of benzene rings is 2. The van der Waals surface area contributed by atoms with Crippen molar-refractivity contribution in [3.8, 4) is 0 Å². The zero-order valence-corrected chi connectivity index (χ0v) is 15.4. The van der Waals surface area contributed by atoms with E-state index in [0.717, 1.165) is 35.9 Å². The lowest BCUT2D eigenvalue weighted by Crippen LogP contribution is -2.34. The molecule has 25 heavy (non-hydrogen) atoms. The average Bonchev–Trinajstić information content (AvgIpc) is 2.67. The first-order valence-corrected chi connectivity index (χ1v) is 9.16. The summed E-state index contributed by atoms with van der Waals surface area (Å²) in [5, 5.41) is 0.738. The summed E-state index contributed by atoms with van der Waals surface area (Å²) in [7, 11) is 1.64. The van der Waals surface area contributed by atoms with Crippen LogP contribution >= 0.6 is 11.6 Å². The van der Waals surface area contributed by atoms with Crippen LogP contribution in [-0.2, 0) is 4.84 Å². The number of halogens is 1. The molecule has 1 N–H and O–H groups in total. The molecule has 3 nitrogen and oxygen atoms in total. The van der Waals surface area contributed by atoms with E-state index >= 15 is 0 Å². The summed E-state index contributed by atoms with van der Waals surface area (Å²) in [6.45, 7) is 3.14. The highest BCUT2D eigenvalue weighted by molar-refractivity contribution is 6.30. The molecular formula is C21H25ClN2O. The third-order valence-electron chi connectivity index (χ3n) is 4.70. The maximum Gasteiger partial charge on any atom is 0.0649 e. The monoisotopic (exact) mass is 356 g/mol. The van der Waals surface area contributed by atoms with Crippen LogP contribution < -0.4 is 5.48 Å². The fourth-order valence-electron chi connectivity index (χ4n) is 3.40. The largest absolute Gasteiger partial charge is 0.299 e. The number of nitrogens with one attached hydrogen (secondary N) is 1. The maximum absolute atomic E-state index is 5.99. The van der Waals surface area contributed by atoms with Crippen molar-refractivity contribution in [2.75, 3.05) is 26.7 Å². The van der Waals surface area contributed by atoms with E-state index in [1.807, 2.05) is 24.3 Å². The molecule has 1 atom stereocenters. The summed E-state index contributed by atoms with van der Waals surface area (Å²) in [6, 6.07) is 18.6. The molecule has 2 aromatic carbocycles. The van der Waals surface area contributed by atoms with E-state index in [0.29, 0.717) is 5.92 Å². The molecule has 1 fully saturated rings. The molecule has 4 heteroatoms. The fraction of sp³-hybridized carbons (Fsp3) is 0.333. The number of rotatable bonds is 6.